The van der Waals surface area contributed by atoms with E-state index < -0.39 is 0 Å². The van der Waals surface area contributed by atoms with Gasteiger partial charge < -0.3 is 10.2 Å². The second-order valence-corrected chi connectivity index (χ2v) is 6.92. The topological polar surface area (TPSA) is 58.1 Å². The van der Waals surface area contributed by atoms with Crippen molar-refractivity contribution in [1.82, 2.24) is 15.3 Å². The first-order chi connectivity index (χ1) is 11.5. The van der Waals surface area contributed by atoms with Crippen LogP contribution in [0.4, 0.5) is 5.82 Å². The summed E-state index contributed by atoms with van der Waals surface area (Å²) in [5, 5.41) is 6.97. The molecule has 1 aromatic carbocycles. The fraction of sp³-hybridized carbons (Fsp3) is 0.278. The number of aryl methyl sites for hydroxylation is 1. The molecule has 0 spiro atoms. The van der Waals surface area contributed by atoms with Gasteiger partial charge in [-0.15, -0.1) is 11.3 Å². The number of anilines is 1. The average molecular weight is 340 g/mol. The number of rotatable bonds is 5. The molecule has 24 heavy (non-hydrogen) atoms. The number of hydrogen-bond donors (Lipinski definition) is 1. The summed E-state index contributed by atoms with van der Waals surface area (Å²) in [6.07, 6.45) is 0.313. The fourth-order valence-electron chi connectivity index (χ4n) is 2.52. The van der Waals surface area contributed by atoms with Crippen LogP contribution >= 0.6 is 11.3 Å². The molecule has 0 atom stereocenters. The maximum atomic E-state index is 12.2. The van der Waals surface area contributed by atoms with Gasteiger partial charge in [0.1, 0.15) is 5.82 Å². The Morgan fingerprint density at radius 2 is 2.04 bits per heavy atom. The molecule has 0 fully saturated rings. The van der Waals surface area contributed by atoms with Crippen LogP contribution in [-0.4, -0.2) is 30.0 Å². The zero-order valence-electron chi connectivity index (χ0n) is 14.0. The predicted molar refractivity (Wildman–Crippen MR) is 98.5 cm³/mol. The molecule has 0 aliphatic heterocycles. The van der Waals surface area contributed by atoms with Crippen molar-refractivity contribution in [2.75, 3.05) is 19.0 Å². The summed E-state index contributed by atoms with van der Waals surface area (Å²) in [6, 6.07) is 10.0. The van der Waals surface area contributed by atoms with E-state index in [1.807, 2.05) is 61.6 Å². The summed E-state index contributed by atoms with van der Waals surface area (Å²) >= 11 is 1.56. The van der Waals surface area contributed by atoms with Crippen LogP contribution in [0.3, 0.4) is 0 Å². The molecule has 0 saturated carbocycles. The highest BCUT2D eigenvalue weighted by Gasteiger charge is 2.10. The summed E-state index contributed by atoms with van der Waals surface area (Å²) in [6.45, 7) is 2.42. The maximum Gasteiger partial charge on any atom is 0.226 e. The van der Waals surface area contributed by atoms with E-state index in [4.69, 9.17) is 0 Å². The van der Waals surface area contributed by atoms with E-state index in [0.29, 0.717) is 13.0 Å². The van der Waals surface area contributed by atoms with Gasteiger partial charge >= 0.3 is 0 Å². The van der Waals surface area contributed by atoms with E-state index in [9.17, 15) is 4.79 Å². The number of pyridine rings is 1. The lowest BCUT2D eigenvalue weighted by Gasteiger charge is -2.15. The third-order valence-electron chi connectivity index (χ3n) is 3.73. The Morgan fingerprint density at radius 3 is 2.75 bits per heavy atom. The summed E-state index contributed by atoms with van der Waals surface area (Å²) in [5.41, 5.74) is 2.82. The molecular weight excluding hydrogens is 320 g/mol. The van der Waals surface area contributed by atoms with Crippen molar-refractivity contribution in [2.45, 2.75) is 19.9 Å². The van der Waals surface area contributed by atoms with Gasteiger partial charge in [-0.3, -0.25) is 4.79 Å². The van der Waals surface area contributed by atoms with E-state index in [1.54, 1.807) is 11.3 Å². The number of amides is 1. The minimum Gasteiger partial charge on any atom is -0.363 e. The standard InChI is InChI=1S/C18H20N4OS/c1-12-20-14(11-24-12)9-18(23)19-10-13-8-17(22(2)3)21-16-7-5-4-6-15(13)16/h4-8,11H,9-10H2,1-3H3,(H,19,23). The highest BCUT2D eigenvalue weighted by molar-refractivity contribution is 7.09. The molecule has 0 unspecified atom stereocenters. The first-order valence-corrected chi connectivity index (χ1v) is 8.64. The monoisotopic (exact) mass is 340 g/mol. The first kappa shape index (κ1) is 16.4. The van der Waals surface area contributed by atoms with E-state index in [-0.39, 0.29) is 5.91 Å². The normalized spacial score (nSPS) is 10.8. The number of para-hydroxylation sites is 1. The van der Waals surface area contributed by atoms with E-state index in [2.05, 4.69) is 15.3 Å². The van der Waals surface area contributed by atoms with Gasteiger partial charge in [-0.2, -0.15) is 0 Å². The van der Waals surface area contributed by atoms with Crippen LogP contribution in [0.2, 0.25) is 0 Å². The molecule has 124 valence electrons. The molecule has 3 aromatic rings. The second kappa shape index (κ2) is 6.97. The quantitative estimate of drug-likeness (QED) is 0.776. The fourth-order valence-corrected chi connectivity index (χ4v) is 3.13. The van der Waals surface area contributed by atoms with Crippen molar-refractivity contribution in [3.05, 3.63) is 52.0 Å². The number of fused-ring (bicyclic) bond motifs is 1. The molecule has 1 N–H and O–H groups in total. The van der Waals surface area contributed by atoms with Crippen molar-refractivity contribution in [2.24, 2.45) is 0 Å². The summed E-state index contributed by atoms with van der Waals surface area (Å²) in [5.74, 6) is 0.862. The summed E-state index contributed by atoms with van der Waals surface area (Å²) in [7, 11) is 3.92. The minimum atomic E-state index is -0.0207. The molecule has 5 nitrogen and oxygen atoms in total. The van der Waals surface area contributed by atoms with E-state index in [1.165, 1.54) is 0 Å². The lowest BCUT2D eigenvalue weighted by Crippen LogP contribution is -2.25. The molecule has 1 amide bonds. The molecule has 0 saturated heterocycles. The Labute approximate surface area is 145 Å². The summed E-state index contributed by atoms with van der Waals surface area (Å²) in [4.78, 5) is 23.1. The molecular formula is C18H20N4OS. The Hall–Kier alpha value is -2.47. The van der Waals surface area contributed by atoms with Crippen molar-refractivity contribution >= 4 is 34.0 Å². The Kier molecular flexibility index (Phi) is 4.76. The average Bonchev–Trinajstić information content (AvgIpc) is 2.97. The molecule has 0 aliphatic carbocycles. The maximum absolute atomic E-state index is 12.2. The number of thiazole rings is 1. The third kappa shape index (κ3) is 3.71. The zero-order valence-corrected chi connectivity index (χ0v) is 14.9. The molecule has 2 aromatic heterocycles. The van der Waals surface area contributed by atoms with Gasteiger partial charge in [0.15, 0.2) is 0 Å². The van der Waals surface area contributed by atoms with Gasteiger partial charge in [0.25, 0.3) is 0 Å². The molecule has 2 heterocycles. The SMILES string of the molecule is Cc1nc(CC(=O)NCc2cc(N(C)C)nc3ccccc23)cs1. The highest BCUT2D eigenvalue weighted by atomic mass is 32.1. The first-order valence-electron chi connectivity index (χ1n) is 7.76. The van der Waals surface area contributed by atoms with Gasteiger partial charge in [0.2, 0.25) is 5.91 Å². The molecule has 0 radical (unpaired) electrons. The van der Waals surface area contributed by atoms with Gasteiger partial charge in [-0.1, -0.05) is 18.2 Å². The van der Waals surface area contributed by atoms with Crippen LogP contribution in [0.1, 0.15) is 16.3 Å². The van der Waals surface area contributed by atoms with E-state index >= 15 is 0 Å². The third-order valence-corrected chi connectivity index (χ3v) is 4.55. The molecule has 6 heteroatoms. The molecule has 0 bridgehead atoms. The van der Waals surface area contributed by atoms with Crippen molar-refractivity contribution in [3.63, 3.8) is 0 Å². The van der Waals surface area contributed by atoms with Crippen LogP contribution < -0.4 is 10.2 Å². The number of benzene rings is 1. The van der Waals surface area contributed by atoms with Crippen molar-refractivity contribution in [3.8, 4) is 0 Å². The largest absolute Gasteiger partial charge is 0.363 e. The van der Waals surface area contributed by atoms with Gasteiger partial charge in [0, 0.05) is 31.4 Å². The zero-order chi connectivity index (χ0) is 17.1. The Bertz CT molecular complexity index is 872. The number of hydrogen-bond acceptors (Lipinski definition) is 5. The highest BCUT2D eigenvalue weighted by Crippen LogP contribution is 2.22. The lowest BCUT2D eigenvalue weighted by atomic mass is 10.1. The van der Waals surface area contributed by atoms with Crippen molar-refractivity contribution in [1.29, 1.82) is 0 Å². The Morgan fingerprint density at radius 1 is 1.25 bits per heavy atom. The van der Waals surface area contributed by atoms with E-state index in [0.717, 1.165) is 33.0 Å². The lowest BCUT2D eigenvalue weighted by molar-refractivity contribution is -0.120. The molecule has 0 aliphatic rings. The van der Waals surface area contributed by atoms with Gasteiger partial charge in [-0.05, 0) is 24.6 Å². The smallest absolute Gasteiger partial charge is 0.226 e. The van der Waals surface area contributed by atoms with Crippen LogP contribution in [0, 0.1) is 6.92 Å². The number of nitrogens with one attached hydrogen (secondary N) is 1. The molecule has 3 rings (SSSR count). The second-order valence-electron chi connectivity index (χ2n) is 5.86. The predicted octanol–water partition coefficient (Wildman–Crippen LogP) is 2.92. The van der Waals surface area contributed by atoms with Crippen LogP contribution in [-0.2, 0) is 17.8 Å². The van der Waals surface area contributed by atoms with Crippen LogP contribution in [0.15, 0.2) is 35.7 Å². The number of nitrogens with zero attached hydrogens (tertiary/aromatic N) is 3. The van der Waals surface area contributed by atoms with Crippen molar-refractivity contribution < 1.29 is 4.79 Å². The van der Waals surface area contributed by atoms with Gasteiger partial charge in [-0.25, -0.2) is 9.97 Å². The number of aromatic nitrogens is 2. The van der Waals surface area contributed by atoms with Crippen LogP contribution in [0.25, 0.3) is 10.9 Å². The van der Waals surface area contributed by atoms with Gasteiger partial charge in [0.05, 0.1) is 22.6 Å². The number of carbonyl (C=O) groups is 1. The van der Waals surface area contributed by atoms with Crippen LogP contribution in [0.5, 0.6) is 0 Å². The summed E-state index contributed by atoms with van der Waals surface area (Å²) < 4.78 is 0. The Balaban J connectivity index is 1.77. The number of carbonyl (C=O) groups excluding carboxylic acids is 1. The minimum absolute atomic E-state index is 0.0207.